The zero-order valence-electron chi connectivity index (χ0n) is 24.2. The highest BCUT2D eigenvalue weighted by molar-refractivity contribution is 5.94. The number of nitrogens with one attached hydrogen (secondary N) is 1. The molecule has 0 aromatic heterocycles. The Labute approximate surface area is 236 Å². The van der Waals surface area contributed by atoms with Crippen molar-refractivity contribution in [1.29, 1.82) is 5.26 Å². The first kappa shape index (κ1) is 29.3. The molecule has 40 heavy (non-hydrogen) atoms. The van der Waals surface area contributed by atoms with Crippen LogP contribution >= 0.6 is 0 Å². The van der Waals surface area contributed by atoms with E-state index in [1.807, 2.05) is 28.9 Å². The molecule has 0 saturated carbocycles. The maximum atomic E-state index is 13.5. The predicted octanol–water partition coefficient (Wildman–Crippen LogP) is 2.14. The predicted molar refractivity (Wildman–Crippen MR) is 147 cm³/mol. The number of piperazine rings is 1. The maximum absolute atomic E-state index is 13.5. The minimum Gasteiger partial charge on any atom is -0.444 e. The lowest BCUT2D eigenvalue weighted by atomic mass is 10.0. The number of alkyl carbamates (subject to hydrolysis) is 1. The maximum Gasteiger partial charge on any atom is 0.408 e. The molecule has 1 unspecified atom stereocenters. The fourth-order valence-electron chi connectivity index (χ4n) is 5.96. The number of ether oxygens (including phenoxy) is 1. The Kier molecular flexibility index (Phi) is 8.40. The number of carbonyl (C=O) groups is 4. The van der Waals surface area contributed by atoms with Gasteiger partial charge in [0, 0.05) is 45.3 Å². The minimum atomic E-state index is -0.941. The second-order valence-electron chi connectivity index (χ2n) is 12.1. The van der Waals surface area contributed by atoms with Gasteiger partial charge in [0.1, 0.15) is 17.7 Å². The van der Waals surface area contributed by atoms with Crippen molar-refractivity contribution in [3.05, 3.63) is 35.4 Å². The topological polar surface area (TPSA) is 126 Å². The fourth-order valence-corrected chi connectivity index (χ4v) is 5.96. The highest BCUT2D eigenvalue weighted by Crippen LogP contribution is 2.38. The monoisotopic (exact) mass is 552 g/mol. The molecule has 1 aromatic carbocycles. The molecule has 216 valence electrons. The lowest BCUT2D eigenvalue weighted by Gasteiger charge is -2.39. The number of carbonyl (C=O) groups excluding carboxylic acids is 4. The van der Waals surface area contributed by atoms with Gasteiger partial charge in [-0.2, -0.15) is 5.26 Å². The Morgan fingerprint density at radius 3 is 2.45 bits per heavy atom. The Balaban J connectivity index is 1.46. The van der Waals surface area contributed by atoms with Crippen LogP contribution < -0.4 is 5.32 Å². The van der Waals surface area contributed by atoms with Crippen molar-refractivity contribution < 1.29 is 23.9 Å². The molecule has 1 aromatic rings. The van der Waals surface area contributed by atoms with Crippen LogP contribution in [-0.4, -0.2) is 107 Å². The summed E-state index contributed by atoms with van der Waals surface area (Å²) in [7, 11) is 3.41. The van der Waals surface area contributed by atoms with Crippen LogP contribution in [-0.2, 0) is 14.3 Å². The van der Waals surface area contributed by atoms with Gasteiger partial charge >= 0.3 is 6.09 Å². The molecule has 0 radical (unpaired) electrons. The van der Waals surface area contributed by atoms with Gasteiger partial charge in [0.25, 0.3) is 5.91 Å². The molecule has 0 aliphatic carbocycles. The summed E-state index contributed by atoms with van der Waals surface area (Å²) in [4.78, 5) is 58.9. The van der Waals surface area contributed by atoms with Gasteiger partial charge in [-0.25, -0.2) is 4.79 Å². The van der Waals surface area contributed by atoms with Crippen molar-refractivity contribution in [2.45, 2.75) is 82.8 Å². The third-order valence-electron chi connectivity index (χ3n) is 7.87. The summed E-state index contributed by atoms with van der Waals surface area (Å²) < 4.78 is 5.41. The van der Waals surface area contributed by atoms with Crippen molar-refractivity contribution in [3.63, 3.8) is 0 Å². The van der Waals surface area contributed by atoms with Gasteiger partial charge in [0.15, 0.2) is 0 Å². The van der Waals surface area contributed by atoms with Gasteiger partial charge in [-0.3, -0.25) is 19.3 Å². The quantitative estimate of drug-likeness (QED) is 0.549. The molecule has 3 aliphatic rings. The van der Waals surface area contributed by atoms with Crippen molar-refractivity contribution in [1.82, 2.24) is 24.9 Å². The van der Waals surface area contributed by atoms with E-state index in [1.165, 1.54) is 9.80 Å². The molecule has 2 bridgehead atoms. The van der Waals surface area contributed by atoms with E-state index in [1.54, 1.807) is 47.0 Å². The van der Waals surface area contributed by atoms with Crippen LogP contribution in [0.1, 0.15) is 68.9 Å². The van der Waals surface area contributed by atoms with Crippen LogP contribution in [0, 0.1) is 11.3 Å². The molecule has 0 spiro atoms. The van der Waals surface area contributed by atoms with E-state index in [2.05, 4.69) is 11.4 Å². The lowest BCUT2D eigenvalue weighted by molar-refractivity contribution is -0.141. The molecular formula is C29H40N6O5. The van der Waals surface area contributed by atoms with E-state index in [-0.39, 0.29) is 36.3 Å². The molecule has 5 atom stereocenters. The second kappa shape index (κ2) is 11.5. The highest BCUT2D eigenvalue weighted by Gasteiger charge is 2.52. The van der Waals surface area contributed by atoms with Gasteiger partial charge in [-0.1, -0.05) is 12.1 Å². The molecule has 3 saturated heterocycles. The number of benzene rings is 1. The Bertz CT molecular complexity index is 1190. The van der Waals surface area contributed by atoms with Crippen molar-refractivity contribution >= 4 is 23.8 Å². The molecule has 3 aliphatic heterocycles. The molecule has 4 rings (SSSR count). The summed E-state index contributed by atoms with van der Waals surface area (Å²) in [5.74, 6) is -0.426. The van der Waals surface area contributed by atoms with E-state index >= 15 is 0 Å². The number of nitriles is 1. The van der Waals surface area contributed by atoms with E-state index in [0.717, 1.165) is 12.0 Å². The van der Waals surface area contributed by atoms with Crippen LogP contribution in [0.3, 0.4) is 0 Å². The van der Waals surface area contributed by atoms with Crippen molar-refractivity contribution in [3.8, 4) is 6.07 Å². The summed E-state index contributed by atoms with van der Waals surface area (Å²) in [6.45, 7) is 8.41. The summed E-state index contributed by atoms with van der Waals surface area (Å²) in [6, 6.07) is 7.45. The molecule has 4 amide bonds. The minimum absolute atomic E-state index is 0.0169. The number of nitrogens with zero attached hydrogens (tertiary/aromatic N) is 5. The molecular weight excluding hydrogens is 512 g/mol. The van der Waals surface area contributed by atoms with Crippen molar-refractivity contribution in [2.75, 3.05) is 33.7 Å². The Hall–Kier alpha value is -3.65. The van der Waals surface area contributed by atoms with E-state index in [4.69, 9.17) is 4.74 Å². The summed E-state index contributed by atoms with van der Waals surface area (Å²) in [5.41, 5.74) is 0.794. The molecule has 1 N–H and O–H groups in total. The van der Waals surface area contributed by atoms with Gasteiger partial charge in [0.05, 0.1) is 18.2 Å². The van der Waals surface area contributed by atoms with Crippen LogP contribution in [0.5, 0.6) is 0 Å². The zero-order valence-corrected chi connectivity index (χ0v) is 24.2. The van der Waals surface area contributed by atoms with Crippen LogP contribution in [0.15, 0.2) is 24.3 Å². The normalized spacial score (nSPS) is 24.0. The van der Waals surface area contributed by atoms with Gasteiger partial charge in [-0.05, 0) is 64.7 Å². The zero-order chi connectivity index (χ0) is 29.4. The first-order chi connectivity index (χ1) is 18.8. The summed E-state index contributed by atoms with van der Waals surface area (Å²) >= 11 is 0. The smallest absolute Gasteiger partial charge is 0.408 e. The summed E-state index contributed by atoms with van der Waals surface area (Å²) in [6.07, 6.45) is 1.26. The fraction of sp³-hybridized carbons (Fsp3) is 0.621. The Morgan fingerprint density at radius 1 is 1.20 bits per heavy atom. The number of rotatable bonds is 7. The number of likely N-dealkylation sites (tertiary alicyclic amines) is 3. The van der Waals surface area contributed by atoms with Crippen LogP contribution in [0.4, 0.5) is 4.79 Å². The van der Waals surface area contributed by atoms with E-state index in [0.29, 0.717) is 31.5 Å². The van der Waals surface area contributed by atoms with Crippen LogP contribution in [0.25, 0.3) is 0 Å². The standard InChI is InChI=1S/C29H40N6O5/c1-18(19-9-11-20(12-10-19)25(36)32(5)6)35-22-14-24(27(35)38)33(16-22)17-23(31-28(39)40-29(2,3)4)26(37)34-13-7-8-21(34)15-30/h9-12,18,21-24H,7-8,13-14,16-17H2,1-6H3,(H,31,39)/t18-,21-,22?,23-,24-/m0/s1. The first-order valence-electron chi connectivity index (χ1n) is 13.9. The number of hydrogen-bond acceptors (Lipinski definition) is 7. The van der Waals surface area contributed by atoms with Gasteiger partial charge < -0.3 is 24.8 Å². The third-order valence-corrected chi connectivity index (χ3v) is 7.87. The number of fused-ring (bicyclic) bond motifs is 2. The Morgan fingerprint density at radius 2 is 1.88 bits per heavy atom. The lowest BCUT2D eigenvalue weighted by Crippen LogP contribution is -2.59. The average Bonchev–Trinajstić information content (AvgIpc) is 3.60. The number of hydrogen-bond donors (Lipinski definition) is 1. The van der Waals surface area contributed by atoms with Crippen LogP contribution in [0.2, 0.25) is 0 Å². The molecule has 11 heteroatoms. The highest BCUT2D eigenvalue weighted by atomic mass is 16.6. The molecule has 3 heterocycles. The van der Waals surface area contributed by atoms with E-state index < -0.39 is 29.8 Å². The van der Waals surface area contributed by atoms with Crippen molar-refractivity contribution in [2.24, 2.45) is 0 Å². The molecule has 11 nitrogen and oxygen atoms in total. The van der Waals surface area contributed by atoms with Gasteiger partial charge in [0.2, 0.25) is 11.8 Å². The SMILES string of the molecule is C[C@@H](c1ccc(C(=O)N(C)C)cc1)N1C(=O)[C@@H]2CC1CN2C[C@H](NC(=O)OC(C)(C)C)C(=O)N1CCC[C@H]1C#N. The largest absolute Gasteiger partial charge is 0.444 e. The number of amides is 4. The van der Waals surface area contributed by atoms with Gasteiger partial charge in [-0.15, -0.1) is 0 Å². The first-order valence-corrected chi connectivity index (χ1v) is 13.9. The average molecular weight is 553 g/mol. The third kappa shape index (κ3) is 6.07. The molecule has 3 fully saturated rings. The summed E-state index contributed by atoms with van der Waals surface area (Å²) in [5, 5.41) is 12.2. The second-order valence-corrected chi connectivity index (χ2v) is 12.1. The van der Waals surface area contributed by atoms with E-state index in [9.17, 15) is 24.4 Å².